The van der Waals surface area contributed by atoms with Gasteiger partial charge in [-0.1, -0.05) is 72.8 Å². The number of aromatic nitrogens is 1. The number of carbonyl (C=O) groups excluding carboxylic acids is 1. The zero-order chi connectivity index (χ0) is 26.5. The van der Waals surface area contributed by atoms with Crippen LogP contribution in [0.5, 0.6) is 0 Å². The predicted octanol–water partition coefficient (Wildman–Crippen LogP) is 6.58. The SMILES string of the molecule is O=C(CC(c1ccc(F)cc1)c1cn(Cc2ccccc2)c2ccc([N+](=O)[O-])cc12)NCc1ccccc1. The van der Waals surface area contributed by atoms with Crippen LogP contribution in [-0.4, -0.2) is 15.4 Å². The van der Waals surface area contributed by atoms with Gasteiger partial charge in [0.1, 0.15) is 5.82 Å². The topological polar surface area (TPSA) is 77.2 Å². The van der Waals surface area contributed by atoms with Crippen LogP contribution in [0.15, 0.2) is 109 Å². The van der Waals surface area contributed by atoms with Crippen LogP contribution in [0, 0.1) is 15.9 Å². The molecule has 4 aromatic carbocycles. The molecule has 0 fully saturated rings. The van der Waals surface area contributed by atoms with E-state index in [0.717, 1.165) is 27.8 Å². The van der Waals surface area contributed by atoms with Gasteiger partial charge in [-0.2, -0.15) is 0 Å². The molecule has 5 rings (SSSR count). The molecule has 7 heteroatoms. The maximum atomic E-state index is 13.8. The number of nitrogens with zero attached hydrogens (tertiary/aromatic N) is 2. The van der Waals surface area contributed by atoms with Crippen LogP contribution < -0.4 is 5.32 Å². The molecule has 0 radical (unpaired) electrons. The Bertz CT molecular complexity index is 1570. The fourth-order valence-corrected chi connectivity index (χ4v) is 4.77. The summed E-state index contributed by atoms with van der Waals surface area (Å²) >= 11 is 0. The summed E-state index contributed by atoms with van der Waals surface area (Å²) in [6.07, 6.45) is 2.06. The molecule has 38 heavy (non-hydrogen) atoms. The summed E-state index contributed by atoms with van der Waals surface area (Å²) in [6.45, 7) is 0.947. The normalized spacial score (nSPS) is 11.8. The fourth-order valence-electron chi connectivity index (χ4n) is 4.77. The van der Waals surface area contributed by atoms with E-state index >= 15 is 0 Å². The van der Waals surface area contributed by atoms with E-state index < -0.39 is 10.8 Å². The predicted molar refractivity (Wildman–Crippen MR) is 145 cm³/mol. The second kappa shape index (κ2) is 11.1. The van der Waals surface area contributed by atoms with Crippen molar-refractivity contribution >= 4 is 22.5 Å². The molecule has 5 aromatic rings. The number of carbonyl (C=O) groups is 1. The van der Waals surface area contributed by atoms with Gasteiger partial charge in [0, 0.05) is 54.7 Å². The van der Waals surface area contributed by atoms with Gasteiger partial charge in [0.2, 0.25) is 5.91 Å². The number of amides is 1. The minimum absolute atomic E-state index is 0.0254. The number of hydrogen-bond donors (Lipinski definition) is 1. The number of nitrogens with one attached hydrogen (secondary N) is 1. The maximum Gasteiger partial charge on any atom is 0.270 e. The minimum atomic E-state index is -0.437. The first-order valence-corrected chi connectivity index (χ1v) is 12.3. The van der Waals surface area contributed by atoms with Crippen LogP contribution in [0.1, 0.15) is 34.6 Å². The first-order valence-electron chi connectivity index (χ1n) is 12.3. The highest BCUT2D eigenvalue weighted by Crippen LogP contribution is 2.37. The Balaban J connectivity index is 1.56. The number of rotatable bonds is 9. The summed E-state index contributed by atoms with van der Waals surface area (Å²) in [5.74, 6) is -0.978. The van der Waals surface area contributed by atoms with Gasteiger partial charge in [-0.05, 0) is 40.5 Å². The molecule has 1 N–H and O–H groups in total. The van der Waals surface area contributed by atoms with E-state index in [9.17, 15) is 19.3 Å². The first kappa shape index (κ1) is 24.9. The molecule has 6 nitrogen and oxygen atoms in total. The highest BCUT2D eigenvalue weighted by molar-refractivity contribution is 5.88. The van der Waals surface area contributed by atoms with Gasteiger partial charge in [0.15, 0.2) is 0 Å². The summed E-state index contributed by atoms with van der Waals surface area (Å²) < 4.78 is 15.9. The number of halogens is 1. The van der Waals surface area contributed by atoms with Crippen molar-refractivity contribution in [3.63, 3.8) is 0 Å². The Morgan fingerprint density at radius 3 is 2.21 bits per heavy atom. The zero-order valence-corrected chi connectivity index (χ0v) is 20.6. The summed E-state index contributed by atoms with van der Waals surface area (Å²) in [7, 11) is 0. The van der Waals surface area contributed by atoms with E-state index in [2.05, 4.69) is 5.32 Å². The average Bonchev–Trinajstić information content (AvgIpc) is 3.29. The first-order chi connectivity index (χ1) is 18.5. The van der Waals surface area contributed by atoms with E-state index in [1.54, 1.807) is 24.3 Å². The third kappa shape index (κ3) is 5.62. The molecule has 190 valence electrons. The fraction of sp³-hybridized carbons (Fsp3) is 0.129. The lowest BCUT2D eigenvalue weighted by Crippen LogP contribution is -2.25. The number of nitro groups is 1. The highest BCUT2D eigenvalue weighted by atomic mass is 19.1. The molecule has 1 amide bonds. The van der Waals surface area contributed by atoms with E-state index in [-0.39, 0.29) is 23.8 Å². The van der Waals surface area contributed by atoms with Gasteiger partial charge >= 0.3 is 0 Å². The lowest BCUT2D eigenvalue weighted by Gasteiger charge is -2.17. The van der Waals surface area contributed by atoms with E-state index in [1.807, 2.05) is 71.4 Å². The number of hydrogen-bond acceptors (Lipinski definition) is 3. The number of non-ortho nitro benzene ring substituents is 1. The Kier molecular flexibility index (Phi) is 7.26. The standard InChI is InChI=1S/C31H26FN3O3/c32-25-13-11-24(12-14-25)27(18-31(36)33-19-22-7-3-1-4-8-22)29-21-34(20-23-9-5-2-6-10-23)30-16-15-26(35(37)38)17-28(29)30/h1-17,21,27H,18-20H2,(H,33,36). The second-order valence-electron chi connectivity index (χ2n) is 9.23. The molecule has 1 atom stereocenters. The lowest BCUT2D eigenvalue weighted by atomic mass is 9.88. The van der Waals surface area contributed by atoms with Crippen LogP contribution in [0.25, 0.3) is 10.9 Å². The van der Waals surface area contributed by atoms with Crippen LogP contribution >= 0.6 is 0 Å². The molecule has 1 aromatic heterocycles. The third-order valence-corrected chi connectivity index (χ3v) is 6.67. The molecule has 0 saturated carbocycles. The van der Waals surface area contributed by atoms with Crippen molar-refractivity contribution in [3.05, 3.63) is 148 Å². The largest absolute Gasteiger partial charge is 0.352 e. The van der Waals surface area contributed by atoms with Gasteiger partial charge in [-0.3, -0.25) is 14.9 Å². The summed E-state index contributed by atoms with van der Waals surface area (Å²) in [5, 5.41) is 15.3. The second-order valence-corrected chi connectivity index (χ2v) is 9.23. The van der Waals surface area contributed by atoms with Gasteiger partial charge in [0.05, 0.1) is 4.92 Å². The molecule has 0 aliphatic rings. The number of fused-ring (bicyclic) bond motifs is 1. The summed E-state index contributed by atoms with van der Waals surface area (Å²) in [6, 6.07) is 30.4. The molecule has 1 unspecified atom stereocenters. The van der Waals surface area contributed by atoms with Crippen molar-refractivity contribution < 1.29 is 14.1 Å². The van der Waals surface area contributed by atoms with E-state index in [1.165, 1.54) is 18.2 Å². The maximum absolute atomic E-state index is 13.8. The van der Waals surface area contributed by atoms with Crippen molar-refractivity contribution in [2.45, 2.75) is 25.4 Å². The Morgan fingerprint density at radius 2 is 1.55 bits per heavy atom. The van der Waals surface area contributed by atoms with Gasteiger partial charge < -0.3 is 9.88 Å². The monoisotopic (exact) mass is 507 g/mol. The van der Waals surface area contributed by atoms with Crippen molar-refractivity contribution in [2.75, 3.05) is 0 Å². The van der Waals surface area contributed by atoms with Crippen molar-refractivity contribution in [2.24, 2.45) is 0 Å². The van der Waals surface area contributed by atoms with Crippen LogP contribution in [-0.2, 0) is 17.9 Å². The zero-order valence-electron chi connectivity index (χ0n) is 20.6. The molecule has 0 saturated heterocycles. The molecule has 0 spiro atoms. The molecule has 1 heterocycles. The van der Waals surface area contributed by atoms with E-state index in [4.69, 9.17) is 0 Å². The quantitative estimate of drug-likeness (QED) is 0.181. The minimum Gasteiger partial charge on any atom is -0.352 e. The highest BCUT2D eigenvalue weighted by Gasteiger charge is 2.24. The summed E-state index contributed by atoms with van der Waals surface area (Å²) in [5.41, 5.74) is 4.39. The molecule has 0 bridgehead atoms. The molecular weight excluding hydrogens is 481 g/mol. The van der Waals surface area contributed by atoms with Crippen molar-refractivity contribution in [1.29, 1.82) is 0 Å². The van der Waals surface area contributed by atoms with Crippen molar-refractivity contribution in [1.82, 2.24) is 9.88 Å². The van der Waals surface area contributed by atoms with Gasteiger partial charge in [0.25, 0.3) is 5.69 Å². The Labute approximate surface area is 219 Å². The number of nitro benzene ring substituents is 1. The van der Waals surface area contributed by atoms with Crippen LogP contribution in [0.2, 0.25) is 0 Å². The van der Waals surface area contributed by atoms with Gasteiger partial charge in [-0.15, -0.1) is 0 Å². The molecule has 0 aliphatic carbocycles. The summed E-state index contributed by atoms with van der Waals surface area (Å²) in [4.78, 5) is 24.4. The molecular formula is C31H26FN3O3. The Hall–Kier alpha value is -4.78. The Morgan fingerprint density at radius 1 is 0.895 bits per heavy atom. The van der Waals surface area contributed by atoms with Crippen LogP contribution in [0.4, 0.5) is 10.1 Å². The lowest BCUT2D eigenvalue weighted by molar-refractivity contribution is -0.384. The third-order valence-electron chi connectivity index (χ3n) is 6.67. The van der Waals surface area contributed by atoms with Crippen LogP contribution in [0.3, 0.4) is 0 Å². The van der Waals surface area contributed by atoms with Crippen molar-refractivity contribution in [3.8, 4) is 0 Å². The van der Waals surface area contributed by atoms with E-state index in [0.29, 0.717) is 18.5 Å². The van der Waals surface area contributed by atoms with Gasteiger partial charge in [-0.25, -0.2) is 4.39 Å². The smallest absolute Gasteiger partial charge is 0.270 e. The average molecular weight is 508 g/mol. The molecule has 0 aliphatic heterocycles. The number of benzene rings is 4.